The molecule has 0 bridgehead atoms. The Balaban J connectivity index is 2.29. The maximum Gasteiger partial charge on any atom is 0.0587 e. The Hall–Kier alpha value is -0.0800. The van der Waals surface area contributed by atoms with Crippen LogP contribution < -0.4 is 5.32 Å². The molecule has 0 spiro atoms. The number of nitrogens with one attached hydrogen (secondary N) is 1. The van der Waals surface area contributed by atoms with Gasteiger partial charge >= 0.3 is 0 Å². The average molecular weight is 185 g/mol. The van der Waals surface area contributed by atoms with Crippen molar-refractivity contribution in [1.29, 1.82) is 0 Å². The molecule has 1 aliphatic rings. The van der Waals surface area contributed by atoms with E-state index in [4.69, 9.17) is 0 Å². The van der Waals surface area contributed by atoms with Gasteiger partial charge in [-0.15, -0.1) is 0 Å². The molecular formula is C11H23NO. The lowest BCUT2D eigenvalue weighted by atomic mass is 9.99. The molecule has 2 atom stereocenters. The topological polar surface area (TPSA) is 32.3 Å². The molecule has 78 valence electrons. The molecule has 0 aromatic heterocycles. The Morgan fingerprint density at radius 1 is 1.38 bits per heavy atom. The molecule has 2 N–H and O–H groups in total. The average Bonchev–Trinajstić information content (AvgIpc) is 2.65. The van der Waals surface area contributed by atoms with Gasteiger partial charge in [-0.3, -0.25) is 0 Å². The summed E-state index contributed by atoms with van der Waals surface area (Å²) in [6.45, 7) is 4.68. The summed E-state index contributed by atoms with van der Waals surface area (Å²) in [4.78, 5) is 0. The Bertz CT molecular complexity index is 132. The summed E-state index contributed by atoms with van der Waals surface area (Å²) < 4.78 is 0. The van der Waals surface area contributed by atoms with Gasteiger partial charge in [-0.25, -0.2) is 0 Å². The van der Waals surface area contributed by atoms with E-state index >= 15 is 0 Å². The Labute approximate surface area is 81.7 Å². The minimum Gasteiger partial charge on any atom is -0.395 e. The third-order valence-corrected chi connectivity index (χ3v) is 3.33. The van der Waals surface area contributed by atoms with Crippen LogP contribution in [0, 0.1) is 5.92 Å². The van der Waals surface area contributed by atoms with Crippen LogP contribution >= 0.6 is 0 Å². The van der Waals surface area contributed by atoms with Gasteiger partial charge in [-0.05, 0) is 18.8 Å². The van der Waals surface area contributed by atoms with Gasteiger partial charge < -0.3 is 10.4 Å². The van der Waals surface area contributed by atoms with Gasteiger partial charge in [0.05, 0.1) is 6.61 Å². The molecular weight excluding hydrogens is 162 g/mol. The fourth-order valence-corrected chi connectivity index (χ4v) is 2.08. The van der Waals surface area contributed by atoms with Crippen molar-refractivity contribution in [2.24, 2.45) is 5.92 Å². The van der Waals surface area contributed by atoms with Crippen LogP contribution in [0.4, 0.5) is 0 Å². The highest BCUT2D eigenvalue weighted by atomic mass is 16.3. The van der Waals surface area contributed by atoms with E-state index in [9.17, 15) is 5.11 Å². The zero-order valence-electron chi connectivity index (χ0n) is 8.92. The minimum atomic E-state index is 0.283. The molecule has 0 aromatic rings. The lowest BCUT2D eigenvalue weighted by Gasteiger charge is -2.25. The van der Waals surface area contributed by atoms with Crippen molar-refractivity contribution in [3.63, 3.8) is 0 Å². The van der Waals surface area contributed by atoms with Crippen molar-refractivity contribution in [2.75, 3.05) is 6.61 Å². The summed E-state index contributed by atoms with van der Waals surface area (Å²) in [5, 5.41) is 12.8. The molecule has 0 aliphatic heterocycles. The molecule has 2 heteroatoms. The van der Waals surface area contributed by atoms with Gasteiger partial charge in [0.15, 0.2) is 0 Å². The van der Waals surface area contributed by atoms with E-state index < -0.39 is 0 Å². The molecule has 1 rings (SSSR count). The molecule has 2 unspecified atom stereocenters. The molecule has 2 nitrogen and oxygen atoms in total. The molecule has 0 amide bonds. The summed E-state index contributed by atoms with van der Waals surface area (Å²) in [6.07, 6.45) is 6.46. The van der Waals surface area contributed by atoms with Crippen molar-refractivity contribution < 1.29 is 5.11 Å². The third-order valence-electron chi connectivity index (χ3n) is 3.33. The molecule has 1 fully saturated rings. The Morgan fingerprint density at radius 3 is 2.46 bits per heavy atom. The number of hydrogen-bond acceptors (Lipinski definition) is 2. The maximum absolute atomic E-state index is 9.23. The van der Waals surface area contributed by atoms with Crippen LogP contribution in [-0.2, 0) is 0 Å². The fraction of sp³-hybridized carbons (Fsp3) is 1.00. The van der Waals surface area contributed by atoms with Gasteiger partial charge in [0.2, 0.25) is 0 Å². The van der Waals surface area contributed by atoms with Crippen molar-refractivity contribution in [1.82, 2.24) is 5.32 Å². The summed E-state index contributed by atoms with van der Waals surface area (Å²) in [7, 11) is 0. The standard InChI is InChI=1S/C11H23NO/c1-3-9(2)11(8-13)12-10-6-4-5-7-10/h9-13H,3-8H2,1-2H3. The summed E-state index contributed by atoms with van der Waals surface area (Å²) in [6, 6.07) is 0.985. The summed E-state index contributed by atoms with van der Waals surface area (Å²) >= 11 is 0. The van der Waals surface area contributed by atoms with Crippen LogP contribution in [-0.4, -0.2) is 23.8 Å². The van der Waals surface area contributed by atoms with Crippen LogP contribution in [0.2, 0.25) is 0 Å². The second-order valence-corrected chi connectivity index (χ2v) is 4.32. The third kappa shape index (κ3) is 3.28. The van der Waals surface area contributed by atoms with Crippen LogP contribution in [0.1, 0.15) is 46.0 Å². The monoisotopic (exact) mass is 185 g/mol. The Kier molecular flexibility index (Phi) is 4.74. The predicted octanol–water partition coefficient (Wildman–Crippen LogP) is 1.93. The summed E-state index contributed by atoms with van der Waals surface area (Å²) in [5.74, 6) is 0.589. The first kappa shape index (κ1) is 11.0. The van der Waals surface area contributed by atoms with Crippen LogP contribution in [0.15, 0.2) is 0 Å². The highest BCUT2D eigenvalue weighted by molar-refractivity contribution is 4.80. The number of aliphatic hydroxyl groups is 1. The first-order chi connectivity index (χ1) is 6.27. The van der Waals surface area contributed by atoms with Crippen molar-refractivity contribution in [3.05, 3.63) is 0 Å². The highest BCUT2D eigenvalue weighted by Crippen LogP contribution is 2.19. The smallest absolute Gasteiger partial charge is 0.0587 e. The van der Waals surface area contributed by atoms with E-state index in [2.05, 4.69) is 19.2 Å². The molecule has 0 saturated heterocycles. The SMILES string of the molecule is CCC(C)C(CO)NC1CCCC1. The normalized spacial score (nSPS) is 23.3. The minimum absolute atomic E-state index is 0.283. The number of hydrogen-bond donors (Lipinski definition) is 2. The number of rotatable bonds is 5. The largest absolute Gasteiger partial charge is 0.395 e. The van der Waals surface area contributed by atoms with E-state index in [1.807, 2.05) is 0 Å². The van der Waals surface area contributed by atoms with Gasteiger partial charge in [-0.2, -0.15) is 0 Å². The zero-order valence-corrected chi connectivity index (χ0v) is 8.92. The fourth-order valence-electron chi connectivity index (χ4n) is 2.08. The van der Waals surface area contributed by atoms with E-state index in [1.165, 1.54) is 25.7 Å². The molecule has 1 saturated carbocycles. The molecule has 0 aromatic carbocycles. The van der Waals surface area contributed by atoms with Crippen LogP contribution in [0.3, 0.4) is 0 Å². The van der Waals surface area contributed by atoms with Gasteiger partial charge in [0.25, 0.3) is 0 Å². The number of aliphatic hydroxyl groups excluding tert-OH is 1. The van der Waals surface area contributed by atoms with Crippen LogP contribution in [0.25, 0.3) is 0 Å². The van der Waals surface area contributed by atoms with E-state index in [0.717, 1.165) is 6.42 Å². The van der Waals surface area contributed by atoms with Crippen molar-refractivity contribution in [2.45, 2.75) is 58.0 Å². The summed E-state index contributed by atoms with van der Waals surface area (Å²) in [5.41, 5.74) is 0. The lowest BCUT2D eigenvalue weighted by Crippen LogP contribution is -2.43. The first-order valence-corrected chi connectivity index (χ1v) is 5.64. The second-order valence-electron chi connectivity index (χ2n) is 4.32. The molecule has 1 aliphatic carbocycles. The lowest BCUT2D eigenvalue weighted by molar-refractivity contribution is 0.190. The molecule has 0 heterocycles. The van der Waals surface area contributed by atoms with Gasteiger partial charge in [0.1, 0.15) is 0 Å². The van der Waals surface area contributed by atoms with Gasteiger partial charge in [-0.1, -0.05) is 33.1 Å². The molecule has 13 heavy (non-hydrogen) atoms. The second kappa shape index (κ2) is 5.61. The van der Waals surface area contributed by atoms with Crippen LogP contribution in [0.5, 0.6) is 0 Å². The first-order valence-electron chi connectivity index (χ1n) is 5.64. The van der Waals surface area contributed by atoms with Gasteiger partial charge in [0, 0.05) is 12.1 Å². The van der Waals surface area contributed by atoms with E-state index in [-0.39, 0.29) is 6.61 Å². The zero-order chi connectivity index (χ0) is 9.68. The Morgan fingerprint density at radius 2 is 2.00 bits per heavy atom. The van der Waals surface area contributed by atoms with Crippen molar-refractivity contribution >= 4 is 0 Å². The quantitative estimate of drug-likeness (QED) is 0.686. The highest BCUT2D eigenvalue weighted by Gasteiger charge is 2.21. The van der Waals surface area contributed by atoms with E-state index in [0.29, 0.717) is 18.0 Å². The maximum atomic E-state index is 9.23. The predicted molar refractivity (Wildman–Crippen MR) is 55.7 cm³/mol. The van der Waals surface area contributed by atoms with Crippen molar-refractivity contribution in [3.8, 4) is 0 Å². The van der Waals surface area contributed by atoms with E-state index in [1.54, 1.807) is 0 Å². The molecule has 0 radical (unpaired) electrons.